The van der Waals surface area contributed by atoms with Crippen LogP contribution in [0.4, 0.5) is 11.4 Å². The molecule has 2 aromatic carbocycles. The standard InChI is InChI=1S/C27H31N3.2ClH.Fe/c1-26(2,3)22-14-7-9-16-24(22)28-18-20-12-11-13-21(30-20)19-29-25-17-10-8-15-23(25)27(4,5)6;;;/h7-19H,1-6H3;2*1H;/q;;;+2/p-2. The summed E-state index contributed by atoms with van der Waals surface area (Å²) in [6, 6.07) is 22.4. The maximum absolute atomic E-state index is 4.76. The molecule has 0 atom stereocenters. The average molecular weight is 524 g/mol. The molecule has 1 heterocycles. The fourth-order valence-electron chi connectivity index (χ4n) is 3.32. The summed E-state index contributed by atoms with van der Waals surface area (Å²) in [4.78, 5) is 14.1. The fraction of sp³-hybridized carbons (Fsp3) is 0.296. The molecule has 0 saturated heterocycles. The Bertz CT molecular complexity index is 1010. The van der Waals surface area contributed by atoms with E-state index in [1.54, 1.807) is 0 Å². The minimum atomic E-state index is 0.0380. The first-order valence-corrected chi connectivity index (χ1v) is 13.7. The number of halogens is 2. The van der Waals surface area contributed by atoms with Crippen molar-refractivity contribution < 1.29 is 13.1 Å². The molecule has 0 saturated carbocycles. The first-order valence-electron chi connectivity index (χ1n) is 10.7. The van der Waals surface area contributed by atoms with Gasteiger partial charge in [0.1, 0.15) is 0 Å². The summed E-state index contributed by atoms with van der Waals surface area (Å²) in [6.07, 6.45) is 3.65. The van der Waals surface area contributed by atoms with Crippen molar-refractivity contribution in [3.8, 4) is 0 Å². The van der Waals surface area contributed by atoms with Crippen LogP contribution in [0.2, 0.25) is 0 Å². The summed E-state index contributed by atoms with van der Waals surface area (Å²) in [5, 5.41) is 0. The zero-order chi connectivity index (χ0) is 24.5. The molecule has 0 radical (unpaired) electrons. The van der Waals surface area contributed by atoms with Crippen molar-refractivity contribution in [1.29, 1.82) is 0 Å². The van der Waals surface area contributed by atoms with E-state index in [1.165, 1.54) is 11.1 Å². The van der Waals surface area contributed by atoms with Gasteiger partial charge in [-0.25, -0.2) is 4.98 Å². The van der Waals surface area contributed by atoms with E-state index in [0.29, 0.717) is 0 Å². The molecular formula is C27H31Cl2FeN3. The van der Waals surface area contributed by atoms with Crippen LogP contribution in [0.15, 0.2) is 76.7 Å². The van der Waals surface area contributed by atoms with Gasteiger partial charge in [-0.05, 0) is 46.2 Å². The molecule has 33 heavy (non-hydrogen) atoms. The molecule has 0 N–H and O–H groups in total. The van der Waals surface area contributed by atoms with E-state index in [-0.39, 0.29) is 24.0 Å². The molecular weight excluding hydrogens is 493 g/mol. The Morgan fingerprint density at radius 2 is 1.00 bits per heavy atom. The number of pyridine rings is 1. The van der Waals surface area contributed by atoms with Gasteiger partial charge in [0.05, 0.1) is 35.2 Å². The zero-order valence-electron chi connectivity index (χ0n) is 20.0. The van der Waals surface area contributed by atoms with Crippen LogP contribution in [0, 0.1) is 0 Å². The number of aliphatic imine (C=N–C) groups is 2. The second-order valence-electron chi connectivity index (χ2n) is 9.59. The van der Waals surface area contributed by atoms with Crippen molar-refractivity contribution in [2.75, 3.05) is 0 Å². The normalized spacial score (nSPS) is 12.2. The summed E-state index contributed by atoms with van der Waals surface area (Å²) in [7, 11) is 9.53. The molecule has 6 heteroatoms. The van der Waals surface area contributed by atoms with Crippen molar-refractivity contribution in [2.24, 2.45) is 9.98 Å². The summed E-state index contributed by atoms with van der Waals surface area (Å²) in [5.74, 6) is 0. The van der Waals surface area contributed by atoms with Crippen molar-refractivity contribution in [2.45, 2.75) is 52.4 Å². The summed E-state index contributed by atoms with van der Waals surface area (Å²) in [6.45, 7) is 13.2. The Morgan fingerprint density at radius 3 is 1.36 bits per heavy atom. The van der Waals surface area contributed by atoms with Gasteiger partial charge in [0.2, 0.25) is 0 Å². The van der Waals surface area contributed by atoms with E-state index in [1.807, 2.05) is 54.9 Å². The molecule has 0 fully saturated rings. The van der Waals surface area contributed by atoms with Crippen LogP contribution in [0.25, 0.3) is 0 Å². The van der Waals surface area contributed by atoms with Gasteiger partial charge >= 0.3 is 33.3 Å². The van der Waals surface area contributed by atoms with Crippen molar-refractivity contribution in [3.63, 3.8) is 0 Å². The van der Waals surface area contributed by atoms with Crippen LogP contribution >= 0.6 is 20.2 Å². The average Bonchev–Trinajstić information content (AvgIpc) is 2.76. The van der Waals surface area contributed by atoms with Crippen molar-refractivity contribution in [1.82, 2.24) is 4.98 Å². The number of benzene rings is 2. The van der Waals surface area contributed by atoms with Gasteiger partial charge in [-0.3, -0.25) is 9.98 Å². The molecule has 0 aliphatic heterocycles. The molecule has 3 rings (SSSR count). The Balaban J connectivity index is 0.00000122. The van der Waals surface area contributed by atoms with Gasteiger partial charge in [-0.2, -0.15) is 0 Å². The number of para-hydroxylation sites is 2. The first kappa shape index (κ1) is 27.3. The first-order chi connectivity index (χ1) is 15.6. The Hall–Kier alpha value is -1.97. The summed E-state index contributed by atoms with van der Waals surface area (Å²) >= 11 is 0.194. The molecule has 176 valence electrons. The molecule has 0 aliphatic carbocycles. The Morgan fingerprint density at radius 1 is 0.636 bits per heavy atom. The zero-order valence-corrected chi connectivity index (χ0v) is 22.6. The van der Waals surface area contributed by atoms with E-state index < -0.39 is 0 Å². The third-order valence-corrected chi connectivity index (χ3v) is 4.89. The molecule has 3 aromatic rings. The van der Waals surface area contributed by atoms with E-state index in [0.717, 1.165) is 22.8 Å². The molecule has 0 amide bonds. The van der Waals surface area contributed by atoms with Crippen molar-refractivity contribution in [3.05, 3.63) is 89.2 Å². The second kappa shape index (κ2) is 12.5. The summed E-state index contributed by atoms with van der Waals surface area (Å²) in [5.41, 5.74) is 6.09. The minimum absolute atomic E-state index is 0.0380. The van der Waals surface area contributed by atoms with Crippen LogP contribution in [0.3, 0.4) is 0 Å². The number of rotatable bonds is 4. The van der Waals surface area contributed by atoms with Crippen molar-refractivity contribution >= 4 is 44.0 Å². The van der Waals surface area contributed by atoms with Crippen LogP contribution in [0.5, 0.6) is 0 Å². The van der Waals surface area contributed by atoms with E-state index in [9.17, 15) is 0 Å². The van der Waals surface area contributed by atoms with Gasteiger partial charge in [0.15, 0.2) is 0 Å². The Labute approximate surface area is 213 Å². The molecule has 3 nitrogen and oxygen atoms in total. The fourth-order valence-corrected chi connectivity index (χ4v) is 3.32. The van der Waals surface area contributed by atoms with E-state index in [2.05, 4.69) is 70.8 Å². The van der Waals surface area contributed by atoms with Gasteiger partial charge in [-0.1, -0.05) is 84.0 Å². The van der Waals surface area contributed by atoms with Gasteiger partial charge in [-0.15, -0.1) is 0 Å². The van der Waals surface area contributed by atoms with Gasteiger partial charge < -0.3 is 0 Å². The number of hydrogen-bond donors (Lipinski definition) is 0. The SMILES string of the molecule is CC(C)(C)c1ccccc1N=Cc1cccc(C=Nc2ccccc2C(C)(C)C)n1.[Cl][Fe][Cl]. The maximum atomic E-state index is 4.76. The topological polar surface area (TPSA) is 37.6 Å². The number of aromatic nitrogens is 1. The second-order valence-corrected chi connectivity index (χ2v) is 11.4. The van der Waals surface area contributed by atoms with Gasteiger partial charge in [0, 0.05) is 0 Å². The molecule has 1 aromatic heterocycles. The molecule has 0 bridgehead atoms. The van der Waals surface area contributed by atoms with Crippen LogP contribution in [0.1, 0.15) is 64.1 Å². The molecule has 0 unspecified atom stereocenters. The number of hydrogen-bond acceptors (Lipinski definition) is 3. The molecule has 0 spiro atoms. The predicted octanol–water partition coefficient (Wildman–Crippen LogP) is 8.55. The van der Waals surface area contributed by atoms with E-state index >= 15 is 0 Å². The van der Waals surface area contributed by atoms with Crippen LogP contribution in [-0.2, 0) is 24.0 Å². The van der Waals surface area contributed by atoms with Crippen LogP contribution < -0.4 is 0 Å². The quantitative estimate of drug-likeness (QED) is 0.249. The van der Waals surface area contributed by atoms with Gasteiger partial charge in [0.25, 0.3) is 0 Å². The van der Waals surface area contributed by atoms with E-state index in [4.69, 9.17) is 30.2 Å². The van der Waals surface area contributed by atoms with Crippen LogP contribution in [-0.4, -0.2) is 17.4 Å². The number of nitrogens with zero attached hydrogens (tertiary/aromatic N) is 3. The Kier molecular flexibility index (Phi) is 10.3. The molecule has 0 aliphatic rings. The monoisotopic (exact) mass is 523 g/mol. The third-order valence-electron chi connectivity index (χ3n) is 4.89. The predicted molar refractivity (Wildman–Crippen MR) is 141 cm³/mol. The third kappa shape index (κ3) is 8.72. The summed E-state index contributed by atoms with van der Waals surface area (Å²) < 4.78 is 0.